The largest absolute Gasteiger partial charge is 0.341 e. The Balaban J connectivity index is 1.44. The Morgan fingerprint density at radius 1 is 1.23 bits per heavy atom. The summed E-state index contributed by atoms with van der Waals surface area (Å²) in [5.41, 5.74) is 2.43. The van der Waals surface area contributed by atoms with E-state index in [2.05, 4.69) is 27.4 Å². The van der Waals surface area contributed by atoms with Crippen LogP contribution in [0.1, 0.15) is 18.5 Å². The van der Waals surface area contributed by atoms with Crippen LogP contribution in [0.15, 0.2) is 17.5 Å². The standard InChI is InChI=1S/C15H16N4O2S/c20-14-13(9-1-2-9)16-15(21)19(14)17-4-5-18-10(8-17)7-12-11(18)3-6-22-12/h3,6-7,9,13H,1-2,4-5,8H2,(H,16,21). The molecule has 1 unspecified atom stereocenters. The summed E-state index contributed by atoms with van der Waals surface area (Å²) < 4.78 is 3.56. The molecule has 0 bridgehead atoms. The Labute approximate surface area is 131 Å². The molecule has 1 aliphatic carbocycles. The minimum Gasteiger partial charge on any atom is -0.341 e. The molecule has 0 aromatic carbocycles. The summed E-state index contributed by atoms with van der Waals surface area (Å²) in [6.45, 7) is 2.10. The first-order valence-corrected chi connectivity index (χ1v) is 8.55. The highest BCUT2D eigenvalue weighted by Crippen LogP contribution is 2.36. The average Bonchev–Trinajstić information content (AvgIpc) is 3.03. The Morgan fingerprint density at radius 3 is 2.91 bits per heavy atom. The molecule has 1 N–H and O–H groups in total. The Bertz CT molecular complexity index is 791. The predicted molar refractivity (Wildman–Crippen MR) is 82.1 cm³/mol. The molecule has 0 spiro atoms. The monoisotopic (exact) mass is 316 g/mol. The van der Waals surface area contributed by atoms with E-state index in [1.807, 2.05) is 5.01 Å². The highest BCUT2D eigenvalue weighted by molar-refractivity contribution is 7.17. The lowest BCUT2D eigenvalue weighted by Gasteiger charge is -2.33. The molecule has 2 aliphatic heterocycles. The minimum atomic E-state index is -0.301. The molecule has 2 fully saturated rings. The third-order valence-electron chi connectivity index (χ3n) is 4.86. The van der Waals surface area contributed by atoms with Crippen LogP contribution in [0.2, 0.25) is 0 Å². The van der Waals surface area contributed by atoms with Gasteiger partial charge in [-0.1, -0.05) is 0 Å². The number of nitrogens with zero attached hydrogens (tertiary/aromatic N) is 3. The molecule has 1 saturated carbocycles. The van der Waals surface area contributed by atoms with Crippen LogP contribution in [0.4, 0.5) is 4.79 Å². The van der Waals surface area contributed by atoms with Gasteiger partial charge < -0.3 is 9.88 Å². The number of carbonyl (C=O) groups is 2. The topological polar surface area (TPSA) is 57.6 Å². The van der Waals surface area contributed by atoms with Crippen molar-refractivity contribution in [3.63, 3.8) is 0 Å². The van der Waals surface area contributed by atoms with Gasteiger partial charge in [0.15, 0.2) is 0 Å². The second kappa shape index (κ2) is 4.33. The highest BCUT2D eigenvalue weighted by Gasteiger charge is 2.48. The number of carbonyl (C=O) groups excluding carboxylic acids is 2. The van der Waals surface area contributed by atoms with Gasteiger partial charge in [-0.15, -0.1) is 11.3 Å². The van der Waals surface area contributed by atoms with Crippen molar-refractivity contribution >= 4 is 33.5 Å². The second-order valence-corrected chi connectivity index (χ2v) is 7.21. The van der Waals surface area contributed by atoms with Crippen molar-refractivity contribution < 1.29 is 9.59 Å². The summed E-state index contributed by atoms with van der Waals surface area (Å²) in [6.07, 6.45) is 2.09. The van der Waals surface area contributed by atoms with Crippen molar-refractivity contribution in [2.24, 2.45) is 5.92 Å². The number of nitrogens with one attached hydrogen (secondary N) is 1. The molecule has 7 heteroatoms. The molecule has 1 saturated heterocycles. The maximum Gasteiger partial charge on any atom is 0.339 e. The average molecular weight is 316 g/mol. The first kappa shape index (κ1) is 12.7. The fourth-order valence-corrected chi connectivity index (χ4v) is 4.43. The highest BCUT2D eigenvalue weighted by atomic mass is 32.1. The van der Waals surface area contributed by atoms with E-state index in [-0.39, 0.29) is 18.0 Å². The molecule has 5 rings (SSSR count). The van der Waals surface area contributed by atoms with Gasteiger partial charge >= 0.3 is 6.03 Å². The van der Waals surface area contributed by atoms with Crippen LogP contribution in [0.3, 0.4) is 0 Å². The third kappa shape index (κ3) is 1.69. The molecule has 0 radical (unpaired) electrons. The number of imide groups is 1. The smallest absolute Gasteiger partial charge is 0.339 e. The van der Waals surface area contributed by atoms with E-state index in [0.29, 0.717) is 19.0 Å². The quantitative estimate of drug-likeness (QED) is 0.859. The summed E-state index contributed by atoms with van der Waals surface area (Å²) in [7, 11) is 0. The number of rotatable bonds is 2. The molecule has 3 amide bonds. The van der Waals surface area contributed by atoms with E-state index in [0.717, 1.165) is 19.4 Å². The summed E-state index contributed by atoms with van der Waals surface area (Å²) in [5.74, 6) is 0.273. The van der Waals surface area contributed by atoms with Gasteiger partial charge in [0.1, 0.15) is 6.04 Å². The predicted octanol–water partition coefficient (Wildman–Crippen LogP) is 1.76. The third-order valence-corrected chi connectivity index (χ3v) is 5.71. The van der Waals surface area contributed by atoms with Crippen LogP contribution in [0, 0.1) is 5.92 Å². The number of thiophene rings is 1. The Morgan fingerprint density at radius 2 is 2.09 bits per heavy atom. The fourth-order valence-electron chi connectivity index (χ4n) is 3.58. The van der Waals surface area contributed by atoms with E-state index in [4.69, 9.17) is 0 Å². The minimum absolute atomic E-state index is 0.0747. The number of hydrazine groups is 1. The van der Waals surface area contributed by atoms with Gasteiger partial charge in [0.25, 0.3) is 5.91 Å². The van der Waals surface area contributed by atoms with Gasteiger partial charge in [-0.3, -0.25) is 4.79 Å². The van der Waals surface area contributed by atoms with Crippen molar-refractivity contribution in [2.45, 2.75) is 32.0 Å². The van der Waals surface area contributed by atoms with Crippen molar-refractivity contribution in [2.75, 3.05) is 6.54 Å². The number of hydrogen-bond donors (Lipinski definition) is 1. The number of amides is 3. The lowest BCUT2D eigenvalue weighted by Crippen LogP contribution is -2.50. The lowest BCUT2D eigenvalue weighted by atomic mass is 10.2. The molecule has 6 nitrogen and oxygen atoms in total. The van der Waals surface area contributed by atoms with Crippen LogP contribution in [-0.2, 0) is 17.9 Å². The number of fused-ring (bicyclic) bond motifs is 3. The molecule has 1 atom stereocenters. The van der Waals surface area contributed by atoms with E-state index in [1.165, 1.54) is 20.9 Å². The first-order chi connectivity index (χ1) is 10.7. The van der Waals surface area contributed by atoms with Gasteiger partial charge in [0.2, 0.25) is 0 Å². The maximum atomic E-state index is 12.5. The summed E-state index contributed by atoms with van der Waals surface area (Å²) in [6, 6.07) is 3.74. The zero-order valence-electron chi connectivity index (χ0n) is 12.0. The first-order valence-electron chi connectivity index (χ1n) is 7.67. The van der Waals surface area contributed by atoms with Crippen molar-refractivity contribution in [3.05, 3.63) is 23.2 Å². The van der Waals surface area contributed by atoms with Crippen molar-refractivity contribution in [1.82, 2.24) is 19.9 Å². The van der Waals surface area contributed by atoms with Gasteiger partial charge in [-0.05, 0) is 36.3 Å². The molecule has 114 valence electrons. The van der Waals surface area contributed by atoms with E-state index in [1.54, 1.807) is 11.3 Å². The van der Waals surface area contributed by atoms with Gasteiger partial charge in [-0.25, -0.2) is 9.80 Å². The number of urea groups is 1. The maximum absolute atomic E-state index is 12.5. The van der Waals surface area contributed by atoms with Crippen LogP contribution < -0.4 is 5.32 Å². The van der Waals surface area contributed by atoms with Crippen LogP contribution >= 0.6 is 11.3 Å². The molecular weight excluding hydrogens is 300 g/mol. The molecule has 4 heterocycles. The van der Waals surface area contributed by atoms with Crippen LogP contribution in [-0.4, -0.2) is 39.1 Å². The van der Waals surface area contributed by atoms with E-state index < -0.39 is 0 Å². The lowest BCUT2D eigenvalue weighted by molar-refractivity contribution is -0.141. The van der Waals surface area contributed by atoms with Crippen LogP contribution in [0.25, 0.3) is 10.2 Å². The molecule has 2 aromatic rings. The normalized spacial score (nSPS) is 25.8. The number of aromatic nitrogens is 1. The zero-order chi connectivity index (χ0) is 14.8. The Hall–Kier alpha value is -1.86. The van der Waals surface area contributed by atoms with Crippen LogP contribution in [0.5, 0.6) is 0 Å². The van der Waals surface area contributed by atoms with Gasteiger partial charge in [0.05, 0.1) is 16.8 Å². The summed E-state index contributed by atoms with van der Waals surface area (Å²) in [5, 5.41) is 8.18. The molecule has 3 aliphatic rings. The molecular formula is C15H16N4O2S. The molecule has 22 heavy (non-hydrogen) atoms. The van der Waals surface area contributed by atoms with Crippen molar-refractivity contribution in [1.29, 1.82) is 0 Å². The summed E-state index contributed by atoms with van der Waals surface area (Å²) >= 11 is 1.73. The SMILES string of the molecule is O=C1NC(C2CC2)C(=O)N1N1CCn2c(cc3sccc32)C1. The van der Waals surface area contributed by atoms with Crippen molar-refractivity contribution in [3.8, 4) is 0 Å². The zero-order valence-corrected chi connectivity index (χ0v) is 12.8. The van der Waals surface area contributed by atoms with Gasteiger partial charge in [0, 0.05) is 18.8 Å². The summed E-state index contributed by atoms with van der Waals surface area (Å²) in [4.78, 5) is 24.7. The molecule has 2 aromatic heterocycles. The van der Waals surface area contributed by atoms with E-state index in [9.17, 15) is 9.59 Å². The van der Waals surface area contributed by atoms with E-state index >= 15 is 0 Å². The number of hydrogen-bond acceptors (Lipinski definition) is 4. The van der Waals surface area contributed by atoms with Gasteiger partial charge in [-0.2, -0.15) is 5.01 Å². The second-order valence-electron chi connectivity index (χ2n) is 6.26. The Kier molecular flexibility index (Phi) is 2.49. The fraction of sp³-hybridized carbons (Fsp3) is 0.467.